The highest BCUT2D eigenvalue weighted by molar-refractivity contribution is 5.19. The number of hydrogen-bond acceptors (Lipinski definition) is 3. The summed E-state index contributed by atoms with van der Waals surface area (Å²) in [6.45, 7) is 4.35. The van der Waals surface area contributed by atoms with Gasteiger partial charge in [0.2, 0.25) is 0 Å². The standard InChI is InChI=1S/C14H19N3O2/c1-14(2)18-12(9-6-10-16-17-15)13(19-14)11-7-4-3-5-8-11/h3-5,7-8,12-13H,6,9-10H2,1-2H3/t12-,13-/m1/s1. The van der Waals surface area contributed by atoms with Gasteiger partial charge in [0.25, 0.3) is 0 Å². The largest absolute Gasteiger partial charge is 0.344 e. The maximum absolute atomic E-state index is 8.27. The van der Waals surface area contributed by atoms with Gasteiger partial charge in [0.1, 0.15) is 6.10 Å². The normalized spacial score (nSPS) is 24.9. The first kappa shape index (κ1) is 13.9. The number of ether oxygens (including phenoxy) is 2. The Morgan fingerprint density at radius 3 is 2.68 bits per heavy atom. The Hall–Kier alpha value is -1.55. The molecule has 1 aliphatic heterocycles. The zero-order chi connectivity index (χ0) is 13.7. The number of nitrogens with zero attached hydrogens (tertiary/aromatic N) is 3. The molecule has 0 amide bonds. The topological polar surface area (TPSA) is 67.2 Å². The Morgan fingerprint density at radius 2 is 2.00 bits per heavy atom. The van der Waals surface area contributed by atoms with Crippen LogP contribution in [0.15, 0.2) is 35.4 Å². The van der Waals surface area contributed by atoms with Crippen molar-refractivity contribution in [2.75, 3.05) is 6.54 Å². The van der Waals surface area contributed by atoms with Crippen molar-refractivity contribution in [3.05, 3.63) is 46.3 Å². The molecule has 19 heavy (non-hydrogen) atoms. The van der Waals surface area contributed by atoms with E-state index in [9.17, 15) is 0 Å². The summed E-state index contributed by atoms with van der Waals surface area (Å²) in [7, 11) is 0. The average molecular weight is 261 g/mol. The second kappa shape index (κ2) is 6.06. The van der Waals surface area contributed by atoms with E-state index in [1.54, 1.807) is 0 Å². The van der Waals surface area contributed by atoms with Crippen LogP contribution in [-0.2, 0) is 9.47 Å². The fourth-order valence-corrected chi connectivity index (χ4v) is 2.38. The smallest absolute Gasteiger partial charge is 0.164 e. The molecule has 5 heteroatoms. The van der Waals surface area contributed by atoms with Crippen molar-refractivity contribution in [1.82, 2.24) is 0 Å². The molecule has 0 bridgehead atoms. The molecule has 1 aliphatic rings. The van der Waals surface area contributed by atoms with Crippen molar-refractivity contribution < 1.29 is 9.47 Å². The van der Waals surface area contributed by atoms with Crippen molar-refractivity contribution in [1.29, 1.82) is 0 Å². The minimum atomic E-state index is -0.566. The van der Waals surface area contributed by atoms with E-state index in [1.165, 1.54) is 0 Å². The Bertz CT molecular complexity index is 455. The molecule has 1 heterocycles. The molecule has 1 aromatic carbocycles. The molecule has 0 unspecified atom stereocenters. The van der Waals surface area contributed by atoms with E-state index >= 15 is 0 Å². The fourth-order valence-electron chi connectivity index (χ4n) is 2.38. The van der Waals surface area contributed by atoms with Crippen molar-refractivity contribution in [2.45, 2.75) is 44.7 Å². The van der Waals surface area contributed by atoms with Gasteiger partial charge in [-0.3, -0.25) is 0 Å². The summed E-state index contributed by atoms with van der Waals surface area (Å²) in [5.74, 6) is -0.566. The summed E-state index contributed by atoms with van der Waals surface area (Å²) in [6.07, 6.45) is 1.58. The number of azide groups is 1. The van der Waals surface area contributed by atoms with Crippen LogP contribution in [0.25, 0.3) is 10.4 Å². The molecule has 5 nitrogen and oxygen atoms in total. The van der Waals surface area contributed by atoms with Crippen LogP contribution in [0.5, 0.6) is 0 Å². The Kier molecular flexibility index (Phi) is 4.43. The lowest BCUT2D eigenvalue weighted by Crippen LogP contribution is -2.21. The van der Waals surface area contributed by atoms with E-state index in [0.717, 1.165) is 18.4 Å². The van der Waals surface area contributed by atoms with Crippen molar-refractivity contribution in [3.8, 4) is 0 Å². The summed E-state index contributed by atoms with van der Waals surface area (Å²) in [5, 5.41) is 3.55. The van der Waals surface area contributed by atoms with E-state index in [2.05, 4.69) is 22.2 Å². The van der Waals surface area contributed by atoms with E-state index in [0.29, 0.717) is 6.54 Å². The second-order valence-corrected chi connectivity index (χ2v) is 5.10. The highest BCUT2D eigenvalue weighted by Crippen LogP contribution is 2.39. The maximum Gasteiger partial charge on any atom is 0.164 e. The molecule has 0 radical (unpaired) electrons. The van der Waals surface area contributed by atoms with Gasteiger partial charge in [-0.1, -0.05) is 35.4 Å². The molecule has 102 valence electrons. The zero-order valence-corrected chi connectivity index (χ0v) is 11.3. The first-order valence-corrected chi connectivity index (χ1v) is 6.54. The van der Waals surface area contributed by atoms with Gasteiger partial charge in [0, 0.05) is 11.5 Å². The summed E-state index contributed by atoms with van der Waals surface area (Å²) in [6, 6.07) is 10.1. The molecule has 1 saturated heterocycles. The molecular weight excluding hydrogens is 242 g/mol. The minimum absolute atomic E-state index is 0.00583. The monoisotopic (exact) mass is 261 g/mol. The van der Waals surface area contributed by atoms with Crippen LogP contribution >= 0.6 is 0 Å². The van der Waals surface area contributed by atoms with Crippen LogP contribution in [0.1, 0.15) is 38.4 Å². The molecule has 1 aromatic rings. The third kappa shape index (κ3) is 3.70. The van der Waals surface area contributed by atoms with Gasteiger partial charge in [-0.25, -0.2) is 0 Å². The molecule has 0 spiro atoms. The lowest BCUT2D eigenvalue weighted by atomic mass is 10.0. The average Bonchev–Trinajstić information content (AvgIpc) is 2.71. The lowest BCUT2D eigenvalue weighted by Gasteiger charge is -2.16. The molecule has 0 N–H and O–H groups in total. The predicted octanol–water partition coefficient (Wildman–Crippen LogP) is 3.97. The second-order valence-electron chi connectivity index (χ2n) is 5.10. The Morgan fingerprint density at radius 1 is 1.26 bits per heavy atom. The highest BCUT2D eigenvalue weighted by Gasteiger charge is 2.41. The Balaban J connectivity index is 2.04. The maximum atomic E-state index is 8.27. The number of benzene rings is 1. The quantitative estimate of drug-likeness (QED) is 0.348. The van der Waals surface area contributed by atoms with Gasteiger partial charge < -0.3 is 9.47 Å². The molecule has 1 fully saturated rings. The van der Waals surface area contributed by atoms with Crippen LogP contribution in [0.3, 0.4) is 0 Å². The van der Waals surface area contributed by atoms with Gasteiger partial charge >= 0.3 is 0 Å². The van der Waals surface area contributed by atoms with Crippen molar-refractivity contribution in [3.63, 3.8) is 0 Å². The zero-order valence-electron chi connectivity index (χ0n) is 11.3. The molecular formula is C14H19N3O2. The van der Waals surface area contributed by atoms with Gasteiger partial charge in [-0.05, 0) is 37.8 Å². The summed E-state index contributed by atoms with van der Waals surface area (Å²) in [4.78, 5) is 2.76. The summed E-state index contributed by atoms with van der Waals surface area (Å²) >= 11 is 0. The molecule has 0 aromatic heterocycles. The van der Waals surface area contributed by atoms with Gasteiger partial charge in [-0.15, -0.1) is 0 Å². The SMILES string of the molecule is CC1(C)O[C@H](c2ccccc2)[C@@H](CCCN=[N+]=[N-])O1. The first-order valence-electron chi connectivity index (χ1n) is 6.54. The van der Waals surface area contributed by atoms with Crippen molar-refractivity contribution >= 4 is 0 Å². The first-order chi connectivity index (χ1) is 9.12. The predicted molar refractivity (Wildman–Crippen MR) is 72.5 cm³/mol. The van der Waals surface area contributed by atoms with E-state index < -0.39 is 5.79 Å². The molecule has 0 aliphatic carbocycles. The summed E-state index contributed by atoms with van der Waals surface area (Å²) in [5.41, 5.74) is 9.40. The molecule has 0 saturated carbocycles. The Labute approximate surface area is 113 Å². The molecule has 2 atom stereocenters. The van der Waals surface area contributed by atoms with Crippen LogP contribution in [-0.4, -0.2) is 18.4 Å². The van der Waals surface area contributed by atoms with E-state index in [1.807, 2.05) is 32.0 Å². The van der Waals surface area contributed by atoms with Crippen LogP contribution in [0.4, 0.5) is 0 Å². The van der Waals surface area contributed by atoms with Gasteiger partial charge in [0.05, 0.1) is 6.10 Å². The highest BCUT2D eigenvalue weighted by atomic mass is 16.7. The van der Waals surface area contributed by atoms with Gasteiger partial charge in [0.15, 0.2) is 5.79 Å². The fraction of sp³-hybridized carbons (Fsp3) is 0.571. The minimum Gasteiger partial charge on any atom is -0.344 e. The van der Waals surface area contributed by atoms with E-state index in [4.69, 9.17) is 15.0 Å². The number of rotatable bonds is 5. The molecule has 2 rings (SSSR count). The third-order valence-corrected chi connectivity index (χ3v) is 3.12. The lowest BCUT2D eigenvalue weighted by molar-refractivity contribution is -0.147. The number of hydrogen-bond donors (Lipinski definition) is 0. The van der Waals surface area contributed by atoms with Crippen LogP contribution in [0.2, 0.25) is 0 Å². The van der Waals surface area contributed by atoms with Crippen LogP contribution < -0.4 is 0 Å². The van der Waals surface area contributed by atoms with Gasteiger partial charge in [-0.2, -0.15) is 0 Å². The van der Waals surface area contributed by atoms with E-state index in [-0.39, 0.29) is 12.2 Å². The van der Waals surface area contributed by atoms with Crippen LogP contribution in [0, 0.1) is 0 Å². The summed E-state index contributed by atoms with van der Waals surface area (Å²) < 4.78 is 11.9. The van der Waals surface area contributed by atoms with Crippen molar-refractivity contribution in [2.24, 2.45) is 5.11 Å². The third-order valence-electron chi connectivity index (χ3n) is 3.12.